The Kier molecular flexibility index (Phi) is 3.53. The predicted molar refractivity (Wildman–Crippen MR) is 75.4 cm³/mol. The first-order valence-corrected chi connectivity index (χ1v) is 5.95. The molecular formula is C15H18N2O. The molecule has 0 fully saturated rings. The van der Waals surface area contributed by atoms with Crippen molar-refractivity contribution in [2.75, 3.05) is 17.7 Å². The molecule has 4 N–H and O–H groups in total. The van der Waals surface area contributed by atoms with Gasteiger partial charge in [0.1, 0.15) is 0 Å². The van der Waals surface area contributed by atoms with Gasteiger partial charge in [-0.25, -0.2) is 0 Å². The first-order valence-electron chi connectivity index (χ1n) is 5.95. The second-order valence-corrected chi connectivity index (χ2v) is 4.57. The van der Waals surface area contributed by atoms with E-state index in [0.29, 0.717) is 5.69 Å². The summed E-state index contributed by atoms with van der Waals surface area (Å²) in [5.74, 6) is 0. The van der Waals surface area contributed by atoms with Gasteiger partial charge >= 0.3 is 0 Å². The van der Waals surface area contributed by atoms with Gasteiger partial charge in [0.25, 0.3) is 0 Å². The first kappa shape index (κ1) is 12.5. The third-order valence-corrected chi connectivity index (χ3v) is 3.10. The topological polar surface area (TPSA) is 58.3 Å². The van der Waals surface area contributed by atoms with E-state index in [-0.39, 0.29) is 6.61 Å². The Morgan fingerprint density at radius 1 is 1.06 bits per heavy atom. The van der Waals surface area contributed by atoms with Crippen LogP contribution in [0.5, 0.6) is 0 Å². The lowest BCUT2D eigenvalue weighted by molar-refractivity contribution is 0.224. The zero-order chi connectivity index (χ0) is 13.0. The van der Waals surface area contributed by atoms with E-state index in [1.54, 1.807) is 0 Å². The minimum absolute atomic E-state index is 0.00858. The van der Waals surface area contributed by atoms with E-state index in [2.05, 4.69) is 5.32 Å². The highest BCUT2D eigenvalue weighted by molar-refractivity contribution is 5.67. The van der Waals surface area contributed by atoms with Crippen molar-refractivity contribution in [1.29, 1.82) is 0 Å². The maximum Gasteiger partial charge on any atom is 0.0829 e. The molecule has 94 valence electrons. The highest BCUT2D eigenvalue weighted by Gasteiger charge is 2.25. The van der Waals surface area contributed by atoms with E-state index in [1.165, 1.54) is 0 Å². The average Bonchev–Trinajstić information content (AvgIpc) is 2.42. The molecule has 0 amide bonds. The van der Waals surface area contributed by atoms with E-state index in [1.807, 2.05) is 61.5 Å². The van der Waals surface area contributed by atoms with Crippen molar-refractivity contribution >= 4 is 11.4 Å². The molecule has 0 bridgehead atoms. The van der Waals surface area contributed by atoms with Gasteiger partial charge in [0.2, 0.25) is 0 Å². The van der Waals surface area contributed by atoms with Crippen LogP contribution in [0.4, 0.5) is 11.4 Å². The Morgan fingerprint density at radius 3 is 2.28 bits per heavy atom. The molecule has 0 aliphatic rings. The summed E-state index contributed by atoms with van der Waals surface area (Å²) in [4.78, 5) is 0. The van der Waals surface area contributed by atoms with E-state index < -0.39 is 5.54 Å². The Balaban J connectivity index is 2.32. The number of hydrogen-bond donors (Lipinski definition) is 3. The molecule has 0 aromatic heterocycles. The highest BCUT2D eigenvalue weighted by Crippen LogP contribution is 2.28. The zero-order valence-electron chi connectivity index (χ0n) is 10.4. The summed E-state index contributed by atoms with van der Waals surface area (Å²) in [5.41, 5.74) is 7.90. The fourth-order valence-electron chi connectivity index (χ4n) is 1.92. The molecule has 18 heavy (non-hydrogen) atoms. The summed E-state index contributed by atoms with van der Waals surface area (Å²) in [5, 5.41) is 13.0. The lowest BCUT2D eigenvalue weighted by Crippen LogP contribution is -2.36. The molecule has 0 saturated carbocycles. The average molecular weight is 242 g/mol. The number of hydrogen-bond acceptors (Lipinski definition) is 3. The van der Waals surface area contributed by atoms with Crippen LogP contribution < -0.4 is 11.1 Å². The lowest BCUT2D eigenvalue weighted by Gasteiger charge is -2.31. The number of rotatable bonds is 4. The van der Waals surface area contributed by atoms with Crippen LogP contribution in [0.25, 0.3) is 0 Å². The van der Waals surface area contributed by atoms with Gasteiger partial charge in [-0.2, -0.15) is 0 Å². The Labute approximate surface area is 107 Å². The fraction of sp³-hybridized carbons (Fsp3) is 0.200. The van der Waals surface area contributed by atoms with Gasteiger partial charge in [-0.05, 0) is 24.6 Å². The Morgan fingerprint density at radius 2 is 1.67 bits per heavy atom. The number of aliphatic hydroxyl groups is 1. The highest BCUT2D eigenvalue weighted by atomic mass is 16.3. The van der Waals surface area contributed by atoms with E-state index >= 15 is 0 Å². The van der Waals surface area contributed by atoms with Gasteiger partial charge in [-0.15, -0.1) is 0 Å². The maximum absolute atomic E-state index is 9.69. The predicted octanol–water partition coefficient (Wildman–Crippen LogP) is 2.59. The minimum atomic E-state index is -0.545. The molecule has 1 unspecified atom stereocenters. The SMILES string of the molecule is CC(CO)(Nc1ccccc1N)c1ccccc1. The number of nitrogens with two attached hydrogens (primary N) is 1. The first-order chi connectivity index (χ1) is 8.65. The molecule has 0 heterocycles. The molecule has 0 radical (unpaired) electrons. The summed E-state index contributed by atoms with van der Waals surface area (Å²) in [7, 11) is 0. The van der Waals surface area contributed by atoms with Crippen LogP contribution >= 0.6 is 0 Å². The van der Waals surface area contributed by atoms with Crippen LogP contribution in [0.1, 0.15) is 12.5 Å². The monoisotopic (exact) mass is 242 g/mol. The Hall–Kier alpha value is -2.00. The van der Waals surface area contributed by atoms with Crippen molar-refractivity contribution in [3.05, 3.63) is 60.2 Å². The second kappa shape index (κ2) is 5.10. The van der Waals surface area contributed by atoms with Crippen molar-refractivity contribution in [2.24, 2.45) is 0 Å². The number of anilines is 2. The van der Waals surface area contributed by atoms with Crippen LogP contribution in [-0.2, 0) is 5.54 Å². The summed E-state index contributed by atoms with van der Waals surface area (Å²) in [6.45, 7) is 1.94. The molecule has 2 rings (SSSR count). The van der Waals surface area contributed by atoms with Crippen molar-refractivity contribution in [2.45, 2.75) is 12.5 Å². The third kappa shape index (κ3) is 2.46. The van der Waals surface area contributed by atoms with Crippen molar-refractivity contribution < 1.29 is 5.11 Å². The van der Waals surface area contributed by atoms with Gasteiger partial charge in [0.05, 0.1) is 23.5 Å². The van der Waals surface area contributed by atoms with Crippen molar-refractivity contribution in [3.63, 3.8) is 0 Å². The second-order valence-electron chi connectivity index (χ2n) is 4.57. The normalized spacial score (nSPS) is 13.9. The van der Waals surface area contributed by atoms with Crippen LogP contribution in [0.2, 0.25) is 0 Å². The van der Waals surface area contributed by atoms with Gasteiger partial charge in [-0.3, -0.25) is 0 Å². The summed E-state index contributed by atoms with van der Waals surface area (Å²) >= 11 is 0. The van der Waals surface area contributed by atoms with Gasteiger partial charge in [-0.1, -0.05) is 42.5 Å². The quantitative estimate of drug-likeness (QED) is 0.722. The largest absolute Gasteiger partial charge is 0.397 e. The van der Waals surface area contributed by atoms with Gasteiger partial charge in [0.15, 0.2) is 0 Å². The summed E-state index contributed by atoms with van der Waals surface area (Å²) in [6, 6.07) is 17.4. The Bertz CT molecular complexity index is 513. The van der Waals surface area contributed by atoms with Crippen molar-refractivity contribution in [1.82, 2.24) is 0 Å². The van der Waals surface area contributed by atoms with Crippen LogP contribution in [0.15, 0.2) is 54.6 Å². The molecule has 0 spiro atoms. The van der Waals surface area contributed by atoms with E-state index in [9.17, 15) is 5.11 Å². The zero-order valence-corrected chi connectivity index (χ0v) is 10.4. The number of aliphatic hydroxyl groups excluding tert-OH is 1. The maximum atomic E-state index is 9.69. The molecule has 0 aliphatic heterocycles. The molecule has 2 aromatic carbocycles. The van der Waals surface area contributed by atoms with Crippen molar-refractivity contribution in [3.8, 4) is 0 Å². The smallest absolute Gasteiger partial charge is 0.0829 e. The third-order valence-electron chi connectivity index (χ3n) is 3.10. The lowest BCUT2D eigenvalue weighted by atomic mass is 9.92. The number of benzene rings is 2. The molecule has 2 aromatic rings. The van der Waals surface area contributed by atoms with Gasteiger partial charge in [0, 0.05) is 0 Å². The molecule has 3 nitrogen and oxygen atoms in total. The fourth-order valence-corrected chi connectivity index (χ4v) is 1.92. The summed E-state index contributed by atoms with van der Waals surface area (Å²) in [6.07, 6.45) is 0. The minimum Gasteiger partial charge on any atom is -0.397 e. The molecule has 3 heteroatoms. The summed E-state index contributed by atoms with van der Waals surface area (Å²) < 4.78 is 0. The molecule has 0 saturated heterocycles. The molecule has 0 aliphatic carbocycles. The van der Waals surface area contributed by atoms with Crippen LogP contribution in [0, 0.1) is 0 Å². The standard InChI is InChI=1S/C15H18N2O/c1-15(11-18,12-7-3-2-4-8-12)17-14-10-6-5-9-13(14)16/h2-10,17-18H,11,16H2,1H3. The van der Waals surface area contributed by atoms with Crippen LogP contribution in [-0.4, -0.2) is 11.7 Å². The van der Waals surface area contributed by atoms with E-state index in [0.717, 1.165) is 11.3 Å². The molecule has 1 atom stereocenters. The van der Waals surface area contributed by atoms with E-state index in [4.69, 9.17) is 5.73 Å². The van der Waals surface area contributed by atoms with Gasteiger partial charge < -0.3 is 16.2 Å². The molecular weight excluding hydrogens is 224 g/mol. The van der Waals surface area contributed by atoms with Crippen LogP contribution in [0.3, 0.4) is 0 Å². The number of para-hydroxylation sites is 2. The number of nitrogens with one attached hydrogen (secondary N) is 1. The number of nitrogen functional groups attached to an aromatic ring is 1.